The maximum absolute atomic E-state index is 11.8. The van der Waals surface area contributed by atoms with Crippen molar-refractivity contribution in [3.8, 4) is 0 Å². The van der Waals surface area contributed by atoms with E-state index in [4.69, 9.17) is 0 Å². The Kier molecular flexibility index (Phi) is 2.36. The van der Waals surface area contributed by atoms with Crippen LogP contribution in [0.1, 0.15) is 19.8 Å². The number of hydrogen-bond donors (Lipinski definition) is 1. The zero-order valence-corrected chi connectivity index (χ0v) is 8.10. The summed E-state index contributed by atoms with van der Waals surface area (Å²) in [5, 5.41) is 3.16. The number of likely N-dealkylation sites (tertiary alicyclic amines) is 1. The van der Waals surface area contributed by atoms with Gasteiger partial charge >= 0.3 is 0 Å². The molecular weight excluding hydrogens is 164 g/mol. The van der Waals surface area contributed by atoms with Crippen LogP contribution >= 0.6 is 0 Å². The van der Waals surface area contributed by atoms with Crippen molar-refractivity contribution in [2.45, 2.75) is 19.8 Å². The number of carbonyl (C=O) groups is 1. The summed E-state index contributed by atoms with van der Waals surface area (Å²) in [5.41, 5.74) is 2.26. The van der Waals surface area contributed by atoms with Gasteiger partial charge in [0.1, 0.15) is 0 Å². The minimum atomic E-state index is 0.258. The Morgan fingerprint density at radius 2 is 1.92 bits per heavy atom. The lowest BCUT2D eigenvalue weighted by atomic mass is 10.0. The molecule has 2 rings (SSSR count). The summed E-state index contributed by atoms with van der Waals surface area (Å²) in [5.74, 6) is 0.258. The number of hydrogen-bond acceptors (Lipinski definition) is 2. The molecule has 0 aliphatic carbocycles. The Morgan fingerprint density at radius 1 is 1.31 bits per heavy atom. The molecule has 0 radical (unpaired) electrons. The molecule has 13 heavy (non-hydrogen) atoms. The zero-order chi connectivity index (χ0) is 9.26. The maximum Gasteiger partial charge on any atom is 0.249 e. The van der Waals surface area contributed by atoms with Gasteiger partial charge in [-0.25, -0.2) is 0 Å². The molecule has 0 atom stereocenters. The van der Waals surface area contributed by atoms with E-state index in [1.54, 1.807) is 0 Å². The highest BCUT2D eigenvalue weighted by Crippen LogP contribution is 2.15. The van der Waals surface area contributed by atoms with Gasteiger partial charge in [0.05, 0.1) is 0 Å². The number of nitrogens with one attached hydrogen (secondary N) is 1. The van der Waals surface area contributed by atoms with Crippen LogP contribution in [0.2, 0.25) is 0 Å². The van der Waals surface area contributed by atoms with Crippen molar-refractivity contribution in [1.29, 1.82) is 0 Å². The van der Waals surface area contributed by atoms with Crippen molar-refractivity contribution in [2.24, 2.45) is 0 Å². The number of rotatable bonds is 1. The highest BCUT2D eigenvalue weighted by molar-refractivity contribution is 5.94. The molecule has 0 aromatic heterocycles. The summed E-state index contributed by atoms with van der Waals surface area (Å²) in [6, 6.07) is 0. The van der Waals surface area contributed by atoms with E-state index in [9.17, 15) is 4.79 Å². The van der Waals surface area contributed by atoms with Gasteiger partial charge in [-0.3, -0.25) is 4.79 Å². The SMILES string of the molecule is CC(C(=O)N1CCCC1)=C1CNC1. The lowest BCUT2D eigenvalue weighted by Crippen LogP contribution is -2.38. The third kappa shape index (κ3) is 1.61. The Balaban J connectivity index is 2.03. The van der Waals surface area contributed by atoms with E-state index in [1.807, 2.05) is 11.8 Å². The molecule has 0 unspecified atom stereocenters. The first-order valence-corrected chi connectivity index (χ1v) is 4.97. The minimum absolute atomic E-state index is 0.258. The molecule has 0 bridgehead atoms. The summed E-state index contributed by atoms with van der Waals surface area (Å²) in [4.78, 5) is 13.8. The second-order valence-corrected chi connectivity index (χ2v) is 3.83. The second kappa shape index (κ2) is 3.50. The number of amides is 1. The van der Waals surface area contributed by atoms with E-state index < -0.39 is 0 Å². The summed E-state index contributed by atoms with van der Waals surface area (Å²) in [7, 11) is 0. The molecule has 2 fully saturated rings. The standard InChI is InChI=1S/C10H16N2O/c1-8(9-6-11-7-9)10(13)12-4-2-3-5-12/h11H,2-7H2,1H3. The first-order valence-electron chi connectivity index (χ1n) is 4.97. The molecule has 3 nitrogen and oxygen atoms in total. The molecule has 1 N–H and O–H groups in total. The van der Waals surface area contributed by atoms with E-state index >= 15 is 0 Å². The van der Waals surface area contributed by atoms with Crippen LogP contribution in [0.5, 0.6) is 0 Å². The van der Waals surface area contributed by atoms with Gasteiger partial charge in [0, 0.05) is 31.8 Å². The summed E-state index contributed by atoms with van der Waals surface area (Å²) < 4.78 is 0. The normalized spacial score (nSPS) is 21.6. The highest BCUT2D eigenvalue weighted by Gasteiger charge is 2.22. The van der Waals surface area contributed by atoms with Crippen molar-refractivity contribution in [3.05, 3.63) is 11.1 Å². The van der Waals surface area contributed by atoms with Crippen molar-refractivity contribution in [1.82, 2.24) is 10.2 Å². The van der Waals surface area contributed by atoms with Crippen molar-refractivity contribution < 1.29 is 4.79 Å². The molecule has 2 aliphatic rings. The number of carbonyl (C=O) groups excluding carboxylic acids is 1. The molecule has 0 aromatic rings. The van der Waals surface area contributed by atoms with Crippen molar-refractivity contribution in [3.63, 3.8) is 0 Å². The van der Waals surface area contributed by atoms with Crippen LogP contribution in [0.15, 0.2) is 11.1 Å². The number of nitrogens with zero attached hydrogens (tertiary/aromatic N) is 1. The molecule has 2 saturated heterocycles. The van der Waals surface area contributed by atoms with Gasteiger partial charge in [-0.15, -0.1) is 0 Å². The minimum Gasteiger partial charge on any atom is -0.339 e. The molecule has 0 saturated carbocycles. The third-order valence-corrected chi connectivity index (χ3v) is 2.92. The molecule has 2 aliphatic heterocycles. The van der Waals surface area contributed by atoms with Gasteiger partial charge in [-0.1, -0.05) is 0 Å². The van der Waals surface area contributed by atoms with Gasteiger partial charge in [-0.2, -0.15) is 0 Å². The van der Waals surface area contributed by atoms with Gasteiger partial charge in [-0.05, 0) is 25.3 Å². The Bertz CT molecular complexity index is 246. The zero-order valence-electron chi connectivity index (χ0n) is 8.10. The fraction of sp³-hybridized carbons (Fsp3) is 0.700. The average Bonchev–Trinajstić information content (AvgIpc) is 2.51. The maximum atomic E-state index is 11.8. The fourth-order valence-corrected chi connectivity index (χ4v) is 1.82. The molecule has 72 valence electrons. The lowest BCUT2D eigenvalue weighted by Gasteiger charge is -2.24. The van der Waals surface area contributed by atoms with E-state index in [1.165, 1.54) is 18.4 Å². The molecule has 0 spiro atoms. The first-order chi connectivity index (χ1) is 6.29. The molecule has 2 heterocycles. The van der Waals surface area contributed by atoms with Crippen LogP contribution in [0.3, 0.4) is 0 Å². The van der Waals surface area contributed by atoms with Gasteiger partial charge in [0.2, 0.25) is 5.91 Å². The monoisotopic (exact) mass is 180 g/mol. The smallest absolute Gasteiger partial charge is 0.249 e. The predicted octanol–water partition coefficient (Wildman–Crippen LogP) is 0.528. The summed E-state index contributed by atoms with van der Waals surface area (Å²) in [6.45, 7) is 5.68. The van der Waals surface area contributed by atoms with Gasteiger partial charge in [0.25, 0.3) is 0 Å². The van der Waals surface area contributed by atoms with Crippen LogP contribution in [0.25, 0.3) is 0 Å². The predicted molar refractivity (Wildman–Crippen MR) is 51.4 cm³/mol. The largest absolute Gasteiger partial charge is 0.339 e. The molecule has 1 amide bonds. The van der Waals surface area contributed by atoms with E-state index in [0.29, 0.717) is 0 Å². The van der Waals surface area contributed by atoms with Gasteiger partial charge in [0.15, 0.2) is 0 Å². The lowest BCUT2D eigenvalue weighted by molar-refractivity contribution is -0.126. The van der Waals surface area contributed by atoms with Crippen LogP contribution < -0.4 is 5.32 Å². The van der Waals surface area contributed by atoms with Gasteiger partial charge < -0.3 is 10.2 Å². The quantitative estimate of drug-likeness (QED) is 0.597. The topological polar surface area (TPSA) is 32.3 Å². The van der Waals surface area contributed by atoms with E-state index in [0.717, 1.165) is 31.8 Å². The van der Waals surface area contributed by atoms with Crippen LogP contribution in [0.4, 0.5) is 0 Å². The molecule has 0 aromatic carbocycles. The molecular formula is C10H16N2O. The Hall–Kier alpha value is -0.830. The Morgan fingerprint density at radius 3 is 2.38 bits per heavy atom. The summed E-state index contributed by atoms with van der Waals surface area (Å²) in [6.07, 6.45) is 2.35. The van der Waals surface area contributed by atoms with Crippen molar-refractivity contribution >= 4 is 5.91 Å². The average molecular weight is 180 g/mol. The highest BCUT2D eigenvalue weighted by atomic mass is 16.2. The van der Waals surface area contributed by atoms with Crippen LogP contribution in [0, 0.1) is 0 Å². The second-order valence-electron chi connectivity index (χ2n) is 3.83. The van der Waals surface area contributed by atoms with E-state index in [-0.39, 0.29) is 5.91 Å². The van der Waals surface area contributed by atoms with Crippen molar-refractivity contribution in [2.75, 3.05) is 26.2 Å². The Labute approximate surface area is 78.8 Å². The van der Waals surface area contributed by atoms with E-state index in [2.05, 4.69) is 5.32 Å². The van der Waals surface area contributed by atoms with Crippen LogP contribution in [-0.4, -0.2) is 37.0 Å². The first kappa shape index (κ1) is 8.75. The van der Waals surface area contributed by atoms with Crippen LogP contribution in [-0.2, 0) is 4.79 Å². The summed E-state index contributed by atoms with van der Waals surface area (Å²) >= 11 is 0. The molecule has 3 heteroatoms. The third-order valence-electron chi connectivity index (χ3n) is 2.92. The fourth-order valence-electron chi connectivity index (χ4n) is 1.82.